The zero-order valence-corrected chi connectivity index (χ0v) is 19.7. The Balaban J connectivity index is 1.76. The number of hydrogen-bond donors (Lipinski definition) is 1. The number of fused-ring (bicyclic) bond motifs is 1. The number of nitrogens with zero attached hydrogens (tertiary/aromatic N) is 2. The van der Waals surface area contributed by atoms with Gasteiger partial charge >= 0.3 is 5.97 Å². The summed E-state index contributed by atoms with van der Waals surface area (Å²) in [5.74, 6) is -2.47. The van der Waals surface area contributed by atoms with Gasteiger partial charge in [0.1, 0.15) is 0 Å². The van der Waals surface area contributed by atoms with Crippen LogP contribution in [0.25, 0.3) is 10.2 Å². The molecule has 7 nitrogen and oxygen atoms in total. The van der Waals surface area contributed by atoms with Crippen molar-refractivity contribution >= 4 is 67.5 Å². The quantitative estimate of drug-likeness (QED) is 0.431. The SMILES string of the molecule is CCOC(=O)CCC(=O)C1=C(O)C(=O)N(c2nc3ccc(Cl)cc3s2)C1c1ccc(Cl)cc1. The summed E-state index contributed by atoms with van der Waals surface area (Å²) < 4.78 is 5.63. The normalized spacial score (nSPS) is 16.0. The Morgan fingerprint density at radius 1 is 1.12 bits per heavy atom. The Hall–Kier alpha value is -2.94. The topological polar surface area (TPSA) is 96.8 Å². The van der Waals surface area contributed by atoms with Gasteiger partial charge in [-0.2, -0.15) is 0 Å². The molecule has 1 amide bonds. The molecule has 1 aliphatic rings. The van der Waals surface area contributed by atoms with Crippen LogP contribution >= 0.6 is 34.5 Å². The highest BCUT2D eigenvalue weighted by molar-refractivity contribution is 7.22. The first-order valence-electron chi connectivity index (χ1n) is 10.1. The van der Waals surface area contributed by atoms with Crippen LogP contribution in [0.2, 0.25) is 10.0 Å². The lowest BCUT2D eigenvalue weighted by Gasteiger charge is -2.24. The van der Waals surface area contributed by atoms with E-state index in [-0.39, 0.29) is 25.0 Å². The lowest BCUT2D eigenvalue weighted by atomic mass is 9.94. The van der Waals surface area contributed by atoms with E-state index in [9.17, 15) is 19.5 Å². The molecule has 0 aliphatic carbocycles. The van der Waals surface area contributed by atoms with Gasteiger partial charge in [0.2, 0.25) is 0 Å². The van der Waals surface area contributed by atoms with Gasteiger partial charge in [0.05, 0.1) is 34.9 Å². The second-order valence-electron chi connectivity index (χ2n) is 7.23. The van der Waals surface area contributed by atoms with E-state index < -0.39 is 29.5 Å². The van der Waals surface area contributed by atoms with E-state index in [0.717, 1.165) is 4.70 Å². The number of hydrogen-bond acceptors (Lipinski definition) is 7. The molecule has 3 aromatic rings. The number of esters is 1. The van der Waals surface area contributed by atoms with E-state index in [1.807, 2.05) is 0 Å². The molecule has 170 valence electrons. The van der Waals surface area contributed by atoms with Crippen LogP contribution in [0.4, 0.5) is 5.13 Å². The predicted octanol–water partition coefficient (Wildman–Crippen LogP) is 5.42. The van der Waals surface area contributed by atoms with Crippen molar-refractivity contribution in [1.29, 1.82) is 0 Å². The van der Waals surface area contributed by atoms with Crippen LogP contribution in [0.3, 0.4) is 0 Å². The number of amides is 1. The van der Waals surface area contributed by atoms with E-state index in [1.165, 1.54) is 16.2 Å². The van der Waals surface area contributed by atoms with Crippen molar-refractivity contribution < 1.29 is 24.2 Å². The number of halogens is 2. The second kappa shape index (κ2) is 9.51. The minimum absolute atomic E-state index is 0.0936. The van der Waals surface area contributed by atoms with Crippen molar-refractivity contribution in [3.8, 4) is 0 Å². The number of carbonyl (C=O) groups is 3. The van der Waals surface area contributed by atoms with Crippen molar-refractivity contribution in [3.05, 3.63) is 69.4 Å². The van der Waals surface area contributed by atoms with E-state index in [2.05, 4.69) is 4.98 Å². The Bertz CT molecular complexity index is 1290. The number of thiazole rings is 1. The van der Waals surface area contributed by atoms with Crippen LogP contribution in [0, 0.1) is 0 Å². The van der Waals surface area contributed by atoms with E-state index >= 15 is 0 Å². The summed E-state index contributed by atoms with van der Waals surface area (Å²) in [6, 6.07) is 10.8. The molecule has 1 atom stereocenters. The Morgan fingerprint density at radius 3 is 2.52 bits per heavy atom. The van der Waals surface area contributed by atoms with Crippen molar-refractivity contribution in [2.75, 3.05) is 11.5 Å². The highest BCUT2D eigenvalue weighted by atomic mass is 35.5. The molecule has 0 spiro atoms. The van der Waals surface area contributed by atoms with Crippen LogP contribution in [0.1, 0.15) is 31.4 Å². The smallest absolute Gasteiger partial charge is 0.306 e. The van der Waals surface area contributed by atoms with Crippen molar-refractivity contribution in [1.82, 2.24) is 4.98 Å². The zero-order chi connectivity index (χ0) is 23.7. The van der Waals surface area contributed by atoms with Gasteiger partial charge in [-0.3, -0.25) is 19.3 Å². The van der Waals surface area contributed by atoms with Crippen molar-refractivity contribution in [2.24, 2.45) is 0 Å². The third-order valence-electron chi connectivity index (χ3n) is 5.10. The fourth-order valence-corrected chi connectivity index (χ4v) is 5.01. The van der Waals surface area contributed by atoms with Crippen LogP contribution in [-0.4, -0.2) is 34.4 Å². The molecule has 1 aromatic heterocycles. The van der Waals surface area contributed by atoms with Gasteiger partial charge < -0.3 is 9.84 Å². The highest BCUT2D eigenvalue weighted by Crippen LogP contribution is 2.44. The molecule has 10 heteroatoms. The van der Waals surface area contributed by atoms with Crippen LogP contribution < -0.4 is 4.90 Å². The third-order valence-corrected chi connectivity index (χ3v) is 6.61. The molecular weight excluding hydrogens is 487 g/mol. The molecule has 0 saturated carbocycles. The summed E-state index contributed by atoms with van der Waals surface area (Å²) in [7, 11) is 0. The Morgan fingerprint density at radius 2 is 1.82 bits per heavy atom. The number of rotatable bonds is 7. The Labute approximate surface area is 203 Å². The minimum atomic E-state index is -0.930. The summed E-state index contributed by atoms with van der Waals surface area (Å²) in [6.45, 7) is 1.87. The van der Waals surface area contributed by atoms with Crippen molar-refractivity contribution in [3.63, 3.8) is 0 Å². The molecule has 4 rings (SSSR count). The number of ketones is 1. The number of ether oxygens (including phenoxy) is 1. The van der Waals surface area contributed by atoms with Gasteiger partial charge in [0.25, 0.3) is 5.91 Å². The first-order valence-corrected chi connectivity index (χ1v) is 11.6. The summed E-state index contributed by atoms with van der Waals surface area (Å²) in [4.78, 5) is 43.8. The summed E-state index contributed by atoms with van der Waals surface area (Å²) in [5, 5.41) is 12.0. The van der Waals surface area contributed by atoms with Crippen molar-refractivity contribution in [2.45, 2.75) is 25.8 Å². The largest absolute Gasteiger partial charge is 0.503 e. The molecule has 1 N–H and O–H groups in total. The number of aliphatic hydroxyl groups excluding tert-OH is 1. The monoisotopic (exact) mass is 504 g/mol. The average molecular weight is 505 g/mol. The van der Waals surface area contributed by atoms with Gasteiger partial charge in [-0.05, 0) is 42.8 Å². The van der Waals surface area contributed by atoms with Gasteiger partial charge in [-0.15, -0.1) is 0 Å². The number of Topliss-reactive ketones (excluding diaryl/α,β-unsaturated/α-hetero) is 1. The fraction of sp³-hybridized carbons (Fsp3) is 0.217. The highest BCUT2D eigenvalue weighted by Gasteiger charge is 2.45. The molecule has 1 unspecified atom stereocenters. The molecular formula is C23H18Cl2N2O5S. The van der Waals surface area contributed by atoms with E-state index in [4.69, 9.17) is 27.9 Å². The molecule has 0 radical (unpaired) electrons. The fourth-order valence-electron chi connectivity index (χ4n) is 3.62. The summed E-state index contributed by atoms with van der Waals surface area (Å²) >= 11 is 13.3. The maximum absolute atomic E-state index is 13.1. The number of anilines is 1. The molecule has 0 saturated heterocycles. The van der Waals surface area contributed by atoms with Gasteiger partial charge in [-0.25, -0.2) is 4.98 Å². The lowest BCUT2D eigenvalue weighted by molar-refractivity contribution is -0.144. The molecule has 2 aromatic carbocycles. The molecule has 0 fully saturated rings. The molecule has 1 aliphatic heterocycles. The van der Waals surface area contributed by atoms with Crippen LogP contribution in [-0.2, 0) is 19.1 Å². The van der Waals surface area contributed by atoms with Gasteiger partial charge in [0.15, 0.2) is 16.7 Å². The first kappa shape index (κ1) is 23.2. The number of aliphatic hydroxyl groups is 1. The number of carbonyl (C=O) groups excluding carboxylic acids is 3. The standard InChI is InChI=1S/C23H18Cl2N2O5S/c1-2-32-18(29)10-9-16(28)19-20(12-3-5-13(24)6-4-12)27(22(31)21(19)30)23-26-15-8-7-14(25)11-17(15)33-23/h3-8,11,20,30H,2,9-10H2,1H3. The maximum Gasteiger partial charge on any atom is 0.306 e. The Kier molecular flexibility index (Phi) is 6.69. The first-order chi connectivity index (χ1) is 15.8. The zero-order valence-electron chi connectivity index (χ0n) is 17.4. The van der Waals surface area contributed by atoms with E-state index in [1.54, 1.807) is 49.4 Å². The number of aromatic nitrogens is 1. The maximum atomic E-state index is 13.1. The van der Waals surface area contributed by atoms with Crippen LogP contribution in [0.15, 0.2) is 53.8 Å². The molecule has 2 heterocycles. The average Bonchev–Trinajstić information content (AvgIpc) is 3.31. The second-order valence-corrected chi connectivity index (χ2v) is 9.11. The van der Waals surface area contributed by atoms with Gasteiger partial charge in [-0.1, -0.05) is 46.7 Å². The predicted molar refractivity (Wildman–Crippen MR) is 127 cm³/mol. The van der Waals surface area contributed by atoms with E-state index in [0.29, 0.717) is 26.3 Å². The number of benzene rings is 2. The summed E-state index contributed by atoms with van der Waals surface area (Å²) in [5.41, 5.74) is 1.10. The third kappa shape index (κ3) is 4.59. The van der Waals surface area contributed by atoms with Crippen LogP contribution in [0.5, 0.6) is 0 Å². The molecule has 33 heavy (non-hydrogen) atoms. The summed E-state index contributed by atoms with van der Waals surface area (Å²) in [6.07, 6.45) is -0.372. The molecule has 0 bridgehead atoms. The van der Waals surface area contributed by atoms with Gasteiger partial charge in [0, 0.05) is 16.5 Å². The lowest BCUT2D eigenvalue weighted by Crippen LogP contribution is -2.31. The minimum Gasteiger partial charge on any atom is -0.503 e.